The molecule has 0 radical (unpaired) electrons. The van der Waals surface area contributed by atoms with Crippen molar-refractivity contribution in [3.8, 4) is 0 Å². The third-order valence-corrected chi connectivity index (χ3v) is 9.20. The highest BCUT2D eigenvalue weighted by molar-refractivity contribution is 7.99. The van der Waals surface area contributed by atoms with Crippen LogP contribution < -0.4 is 5.32 Å². The van der Waals surface area contributed by atoms with Gasteiger partial charge in [-0.3, -0.25) is 9.59 Å². The number of benzene rings is 4. The Bertz CT molecular complexity index is 1810. The Hall–Kier alpha value is -4.68. The number of aromatic nitrogens is 4. The van der Waals surface area contributed by atoms with Gasteiger partial charge in [-0.1, -0.05) is 103 Å². The largest absolute Gasteiger partial charge is 0.392 e. The van der Waals surface area contributed by atoms with Crippen LogP contribution in [0.3, 0.4) is 0 Å². The average Bonchev–Trinajstić information content (AvgIpc) is 3.52. The van der Waals surface area contributed by atoms with E-state index < -0.39 is 6.29 Å². The summed E-state index contributed by atoms with van der Waals surface area (Å²) in [6.45, 7) is 1.45. The molecule has 0 aliphatic carbocycles. The average molecular weight is 650 g/mol. The summed E-state index contributed by atoms with van der Waals surface area (Å²) < 4.78 is 15.1. The van der Waals surface area contributed by atoms with Gasteiger partial charge in [0, 0.05) is 35.5 Å². The summed E-state index contributed by atoms with van der Waals surface area (Å²) in [6, 6.07) is 32.6. The molecule has 1 unspecified atom stereocenters. The molecule has 1 fully saturated rings. The van der Waals surface area contributed by atoms with Crippen molar-refractivity contribution in [3.05, 3.63) is 137 Å². The number of hydrogen-bond donors (Lipinski definition) is 2. The minimum atomic E-state index is -0.683. The van der Waals surface area contributed by atoms with Gasteiger partial charge in [0.05, 0.1) is 25.2 Å². The first kappa shape index (κ1) is 32.3. The molecule has 11 heteroatoms. The quantitative estimate of drug-likeness (QED) is 0.134. The molecule has 0 bridgehead atoms. The number of aliphatic hydroxyl groups excluding tert-OH is 1. The van der Waals surface area contributed by atoms with Crippen LogP contribution in [0.15, 0.2) is 108 Å². The van der Waals surface area contributed by atoms with Gasteiger partial charge in [-0.2, -0.15) is 0 Å². The molecule has 47 heavy (non-hydrogen) atoms. The molecule has 1 saturated heterocycles. The number of ketones is 1. The van der Waals surface area contributed by atoms with E-state index in [9.17, 15) is 14.7 Å². The van der Waals surface area contributed by atoms with Gasteiger partial charge in [-0.05, 0) is 51.7 Å². The first-order valence-electron chi connectivity index (χ1n) is 15.3. The molecule has 1 aromatic heterocycles. The number of anilines is 1. The topological polar surface area (TPSA) is 128 Å². The zero-order chi connectivity index (χ0) is 32.8. The highest BCUT2D eigenvalue weighted by atomic mass is 32.2. The SMILES string of the molecule is CC(=O)c1cccc(NC(=O)Cc2ccc(C3O[C@H](CSc4nnnn4C)[C@@H](c4ccccc4)[C@H](c4ccc(CO)cc4)O3)cc2)c1. The number of amides is 1. The molecule has 2 heterocycles. The summed E-state index contributed by atoms with van der Waals surface area (Å²) in [5.41, 5.74) is 5.65. The molecule has 240 valence electrons. The fraction of sp³-hybridized carbons (Fsp3) is 0.250. The number of aliphatic hydroxyl groups is 1. The van der Waals surface area contributed by atoms with Crippen molar-refractivity contribution in [2.45, 2.75) is 49.5 Å². The molecule has 1 aliphatic rings. The predicted octanol–water partition coefficient (Wildman–Crippen LogP) is 5.82. The van der Waals surface area contributed by atoms with Crippen molar-refractivity contribution < 1.29 is 24.2 Å². The van der Waals surface area contributed by atoms with Gasteiger partial charge in [0.2, 0.25) is 11.1 Å². The number of aryl methyl sites for hydroxylation is 1. The Balaban J connectivity index is 1.25. The molecule has 1 amide bonds. The van der Waals surface area contributed by atoms with Crippen LogP contribution in [0.25, 0.3) is 0 Å². The van der Waals surface area contributed by atoms with Crippen LogP contribution in [-0.4, -0.2) is 48.9 Å². The van der Waals surface area contributed by atoms with Gasteiger partial charge in [-0.25, -0.2) is 4.68 Å². The van der Waals surface area contributed by atoms with E-state index in [0.29, 0.717) is 22.2 Å². The first-order valence-corrected chi connectivity index (χ1v) is 16.3. The Morgan fingerprint density at radius 3 is 2.28 bits per heavy atom. The highest BCUT2D eigenvalue weighted by Crippen LogP contribution is 2.47. The van der Waals surface area contributed by atoms with Crippen molar-refractivity contribution >= 4 is 29.1 Å². The van der Waals surface area contributed by atoms with Gasteiger partial charge in [-0.15, -0.1) is 5.10 Å². The second-order valence-corrected chi connectivity index (χ2v) is 12.4. The first-order chi connectivity index (χ1) is 22.9. The van der Waals surface area contributed by atoms with Crippen LogP contribution >= 0.6 is 11.8 Å². The maximum Gasteiger partial charge on any atom is 0.228 e. The van der Waals surface area contributed by atoms with E-state index in [4.69, 9.17) is 9.47 Å². The number of rotatable bonds is 11. The monoisotopic (exact) mass is 649 g/mol. The molecule has 1 aliphatic heterocycles. The zero-order valence-electron chi connectivity index (χ0n) is 26.0. The van der Waals surface area contributed by atoms with E-state index in [1.165, 1.54) is 18.7 Å². The minimum Gasteiger partial charge on any atom is -0.392 e. The number of Topliss-reactive ketones (excluding diaryl/α,β-unsaturated/α-hetero) is 1. The van der Waals surface area contributed by atoms with Crippen LogP contribution in [0, 0.1) is 0 Å². The number of nitrogens with one attached hydrogen (secondary N) is 1. The van der Waals surface area contributed by atoms with Gasteiger partial charge < -0.3 is 19.9 Å². The summed E-state index contributed by atoms with van der Waals surface area (Å²) >= 11 is 1.52. The summed E-state index contributed by atoms with van der Waals surface area (Å²) in [7, 11) is 1.81. The number of carbonyl (C=O) groups excluding carboxylic acids is 2. The van der Waals surface area contributed by atoms with Crippen LogP contribution in [0.1, 0.15) is 63.4 Å². The smallest absolute Gasteiger partial charge is 0.228 e. The van der Waals surface area contributed by atoms with Gasteiger partial charge in [0.15, 0.2) is 12.1 Å². The number of ether oxygens (including phenoxy) is 2. The number of tetrazole rings is 1. The molecule has 5 aromatic rings. The third-order valence-electron chi connectivity index (χ3n) is 8.10. The lowest BCUT2D eigenvalue weighted by atomic mass is 9.84. The Morgan fingerprint density at radius 2 is 1.60 bits per heavy atom. The maximum atomic E-state index is 12.8. The van der Waals surface area contributed by atoms with E-state index in [0.717, 1.165) is 27.8 Å². The van der Waals surface area contributed by atoms with Crippen molar-refractivity contribution in [2.24, 2.45) is 7.05 Å². The van der Waals surface area contributed by atoms with E-state index in [2.05, 4.69) is 33.0 Å². The molecule has 4 atom stereocenters. The zero-order valence-corrected chi connectivity index (χ0v) is 26.8. The van der Waals surface area contributed by atoms with Gasteiger partial charge in [0.25, 0.3) is 0 Å². The van der Waals surface area contributed by atoms with E-state index in [1.807, 2.05) is 66.7 Å². The Kier molecular flexibility index (Phi) is 10.2. The molecule has 6 rings (SSSR count). The van der Waals surface area contributed by atoms with Gasteiger partial charge in [0.1, 0.15) is 0 Å². The maximum absolute atomic E-state index is 12.8. The fourth-order valence-electron chi connectivity index (χ4n) is 5.65. The molecule has 10 nitrogen and oxygen atoms in total. The van der Waals surface area contributed by atoms with Crippen molar-refractivity contribution in [1.29, 1.82) is 0 Å². The lowest BCUT2D eigenvalue weighted by Gasteiger charge is -2.43. The Morgan fingerprint density at radius 1 is 0.872 bits per heavy atom. The molecular weight excluding hydrogens is 614 g/mol. The number of nitrogens with zero attached hydrogens (tertiary/aromatic N) is 4. The van der Waals surface area contributed by atoms with Crippen molar-refractivity contribution in [1.82, 2.24) is 20.2 Å². The predicted molar refractivity (Wildman–Crippen MR) is 178 cm³/mol. The molecule has 4 aromatic carbocycles. The van der Waals surface area contributed by atoms with Gasteiger partial charge >= 0.3 is 0 Å². The van der Waals surface area contributed by atoms with E-state index in [-0.39, 0.29) is 42.8 Å². The second kappa shape index (κ2) is 14.8. The summed E-state index contributed by atoms with van der Waals surface area (Å²) in [5, 5.41) is 25.1. The molecule has 0 spiro atoms. The number of hydrogen-bond acceptors (Lipinski definition) is 9. The molecular formula is C36H35N5O5S. The normalized spacial score (nSPS) is 19.3. The second-order valence-electron chi connectivity index (χ2n) is 11.4. The highest BCUT2D eigenvalue weighted by Gasteiger charge is 2.42. The third kappa shape index (κ3) is 7.83. The summed E-state index contributed by atoms with van der Waals surface area (Å²) in [5.74, 6) is 0.179. The van der Waals surface area contributed by atoms with Crippen molar-refractivity contribution in [2.75, 3.05) is 11.1 Å². The van der Waals surface area contributed by atoms with Crippen LogP contribution in [-0.2, 0) is 34.3 Å². The summed E-state index contributed by atoms with van der Waals surface area (Å²) in [4.78, 5) is 24.5. The van der Waals surface area contributed by atoms with E-state index >= 15 is 0 Å². The molecule has 2 N–H and O–H groups in total. The van der Waals surface area contributed by atoms with Crippen LogP contribution in [0.2, 0.25) is 0 Å². The summed E-state index contributed by atoms with van der Waals surface area (Å²) in [6.07, 6.45) is -1.16. The Labute approximate surface area is 277 Å². The van der Waals surface area contributed by atoms with E-state index in [1.54, 1.807) is 36.0 Å². The minimum absolute atomic E-state index is 0.0418. The fourth-order valence-corrected chi connectivity index (χ4v) is 6.57. The lowest BCUT2D eigenvalue weighted by Crippen LogP contribution is -2.38. The number of carbonyl (C=O) groups is 2. The number of thioether (sulfide) groups is 1. The molecule has 0 saturated carbocycles. The van der Waals surface area contributed by atoms with Crippen LogP contribution in [0.5, 0.6) is 0 Å². The lowest BCUT2D eigenvalue weighted by molar-refractivity contribution is -0.255. The standard InChI is InChI=1S/C36H35N5O5S/c1-23(43)29-9-6-10-30(20-29)37-32(44)19-24-11-17-28(18-12-24)35-45-31(22-47-36-38-39-40-41(36)2)33(26-7-4-3-5-8-26)34(46-35)27-15-13-25(21-42)14-16-27/h3-18,20,31,33-35,42H,19,21-22H2,1-2H3,(H,37,44)/t31-,33-,34+,35?/m1/s1. The van der Waals surface area contributed by atoms with Crippen molar-refractivity contribution in [3.63, 3.8) is 0 Å². The van der Waals surface area contributed by atoms with Crippen LogP contribution in [0.4, 0.5) is 5.69 Å².